The van der Waals surface area contributed by atoms with E-state index in [1.165, 1.54) is 24.3 Å². The van der Waals surface area contributed by atoms with Crippen molar-refractivity contribution in [3.63, 3.8) is 0 Å². The van der Waals surface area contributed by atoms with E-state index in [1.54, 1.807) is 19.1 Å². The molecular weight excluding hydrogens is 521 g/mol. The van der Waals surface area contributed by atoms with Crippen LogP contribution in [0.1, 0.15) is 27.0 Å². The lowest BCUT2D eigenvalue weighted by molar-refractivity contribution is -0.137. The quantitative estimate of drug-likeness (QED) is 0.374. The van der Waals surface area contributed by atoms with Gasteiger partial charge in [0.25, 0.3) is 10.0 Å². The summed E-state index contributed by atoms with van der Waals surface area (Å²) in [6.07, 6.45) is -4.33. The standard InChI is InChI=1S/C23H21F3N2O6S2/c1-15-2-9-20(14-21(15)22(29)30)35(31,32)27-13-12-16-3-7-18(8-4-16)28-36(33,34)19-10-5-17(6-11-19)23(24,25)26/h2-11,14,27-28H,12-13H2,1H3,(H,29,30). The Kier molecular flexibility index (Phi) is 7.76. The van der Waals surface area contributed by atoms with Gasteiger partial charge in [0.1, 0.15) is 0 Å². The minimum atomic E-state index is -4.58. The summed E-state index contributed by atoms with van der Waals surface area (Å²) in [5, 5.41) is 9.18. The van der Waals surface area contributed by atoms with E-state index in [9.17, 15) is 39.9 Å². The Morgan fingerprint density at radius 3 is 2.00 bits per heavy atom. The molecule has 0 atom stereocenters. The molecule has 0 radical (unpaired) electrons. The molecule has 0 spiro atoms. The third-order valence-corrected chi connectivity index (χ3v) is 8.01. The number of hydrogen-bond donors (Lipinski definition) is 3. The third-order valence-electron chi connectivity index (χ3n) is 5.15. The predicted molar refractivity (Wildman–Crippen MR) is 126 cm³/mol. The Morgan fingerprint density at radius 2 is 1.44 bits per heavy atom. The fourth-order valence-electron chi connectivity index (χ4n) is 3.19. The Morgan fingerprint density at radius 1 is 0.861 bits per heavy atom. The van der Waals surface area contributed by atoms with E-state index in [-0.39, 0.29) is 34.0 Å². The molecule has 13 heteroatoms. The molecule has 0 bridgehead atoms. The van der Waals surface area contributed by atoms with Gasteiger partial charge >= 0.3 is 12.1 Å². The van der Waals surface area contributed by atoms with Gasteiger partial charge in [-0.3, -0.25) is 4.72 Å². The Hall–Kier alpha value is -3.42. The summed E-state index contributed by atoms with van der Waals surface area (Å²) in [5.74, 6) is -1.24. The van der Waals surface area contributed by atoms with Crippen LogP contribution in [0.5, 0.6) is 0 Å². The van der Waals surface area contributed by atoms with Crippen molar-refractivity contribution in [2.24, 2.45) is 0 Å². The fourth-order valence-corrected chi connectivity index (χ4v) is 5.30. The highest BCUT2D eigenvalue weighted by molar-refractivity contribution is 7.92. The molecule has 3 aromatic rings. The first kappa shape index (κ1) is 27.2. The highest BCUT2D eigenvalue weighted by Gasteiger charge is 2.30. The summed E-state index contributed by atoms with van der Waals surface area (Å²) in [6.45, 7) is 1.55. The molecule has 0 fully saturated rings. The molecular formula is C23H21F3N2O6S2. The zero-order valence-electron chi connectivity index (χ0n) is 18.7. The summed E-state index contributed by atoms with van der Waals surface area (Å²) >= 11 is 0. The summed E-state index contributed by atoms with van der Waals surface area (Å²) in [7, 11) is -8.07. The molecule has 0 heterocycles. The monoisotopic (exact) mass is 542 g/mol. The number of carboxylic acid groups (broad SMARTS) is 1. The van der Waals surface area contributed by atoms with E-state index >= 15 is 0 Å². The van der Waals surface area contributed by atoms with E-state index in [1.807, 2.05) is 0 Å². The molecule has 3 rings (SSSR count). The number of carboxylic acids is 1. The van der Waals surface area contributed by atoms with Crippen LogP contribution in [0, 0.1) is 6.92 Å². The van der Waals surface area contributed by atoms with Gasteiger partial charge in [-0.05, 0) is 73.0 Å². The molecule has 0 saturated heterocycles. The van der Waals surface area contributed by atoms with Crippen LogP contribution in [0.15, 0.2) is 76.5 Å². The minimum absolute atomic E-state index is 0.00472. The van der Waals surface area contributed by atoms with Gasteiger partial charge in [-0.1, -0.05) is 18.2 Å². The molecule has 0 amide bonds. The topological polar surface area (TPSA) is 130 Å². The fraction of sp³-hybridized carbons (Fsp3) is 0.174. The maximum atomic E-state index is 12.7. The van der Waals surface area contributed by atoms with E-state index in [2.05, 4.69) is 9.44 Å². The van der Waals surface area contributed by atoms with Crippen molar-refractivity contribution in [3.8, 4) is 0 Å². The summed E-state index contributed by atoms with van der Waals surface area (Å²) in [4.78, 5) is 10.7. The Balaban J connectivity index is 1.61. The molecule has 192 valence electrons. The highest BCUT2D eigenvalue weighted by atomic mass is 32.2. The number of alkyl halides is 3. The van der Waals surface area contributed by atoms with E-state index in [4.69, 9.17) is 0 Å². The molecule has 0 aromatic heterocycles. The minimum Gasteiger partial charge on any atom is -0.478 e. The molecule has 3 aromatic carbocycles. The number of aryl methyl sites for hydroxylation is 1. The lowest BCUT2D eigenvalue weighted by Gasteiger charge is -2.11. The van der Waals surface area contributed by atoms with Gasteiger partial charge < -0.3 is 5.11 Å². The second kappa shape index (κ2) is 10.3. The normalized spacial score (nSPS) is 12.3. The predicted octanol–water partition coefficient (Wildman–Crippen LogP) is 4.03. The molecule has 36 heavy (non-hydrogen) atoms. The Bertz CT molecular complexity index is 1470. The van der Waals surface area contributed by atoms with Crippen molar-refractivity contribution in [1.29, 1.82) is 0 Å². The van der Waals surface area contributed by atoms with Gasteiger partial charge in [0.05, 0.1) is 20.9 Å². The second-order valence-corrected chi connectivity index (χ2v) is 11.2. The maximum absolute atomic E-state index is 12.7. The molecule has 0 aliphatic heterocycles. The number of aromatic carboxylic acids is 1. The Labute approximate surface area is 205 Å². The second-order valence-electron chi connectivity index (χ2n) is 7.75. The number of nitrogens with one attached hydrogen (secondary N) is 2. The third kappa shape index (κ3) is 6.62. The van der Waals surface area contributed by atoms with Crippen LogP contribution < -0.4 is 9.44 Å². The summed E-state index contributed by atoms with van der Waals surface area (Å²) < 4.78 is 92.6. The van der Waals surface area contributed by atoms with Gasteiger partial charge in [0.2, 0.25) is 10.0 Å². The average molecular weight is 543 g/mol. The maximum Gasteiger partial charge on any atom is 0.416 e. The number of hydrogen-bond acceptors (Lipinski definition) is 5. The van der Waals surface area contributed by atoms with Gasteiger partial charge in [-0.15, -0.1) is 0 Å². The van der Waals surface area contributed by atoms with E-state index in [0.29, 0.717) is 23.3 Å². The zero-order valence-corrected chi connectivity index (χ0v) is 20.3. The van der Waals surface area contributed by atoms with Crippen molar-refractivity contribution in [2.75, 3.05) is 11.3 Å². The molecule has 3 N–H and O–H groups in total. The van der Waals surface area contributed by atoms with E-state index < -0.39 is 37.8 Å². The average Bonchev–Trinajstić information content (AvgIpc) is 2.79. The molecule has 0 aliphatic carbocycles. The molecule has 0 saturated carbocycles. The molecule has 8 nitrogen and oxygen atoms in total. The highest BCUT2D eigenvalue weighted by Crippen LogP contribution is 2.30. The van der Waals surface area contributed by atoms with Crippen molar-refractivity contribution >= 4 is 31.7 Å². The SMILES string of the molecule is Cc1ccc(S(=O)(=O)NCCc2ccc(NS(=O)(=O)c3ccc(C(F)(F)F)cc3)cc2)cc1C(=O)O. The summed E-state index contributed by atoms with van der Waals surface area (Å²) in [6, 6.07) is 12.9. The molecule has 0 unspecified atom stereocenters. The van der Waals surface area contributed by atoms with Crippen molar-refractivity contribution < 1.29 is 39.9 Å². The van der Waals surface area contributed by atoms with Gasteiger partial charge in [0.15, 0.2) is 0 Å². The van der Waals surface area contributed by atoms with Crippen LogP contribution >= 0.6 is 0 Å². The largest absolute Gasteiger partial charge is 0.478 e. The van der Waals surface area contributed by atoms with Gasteiger partial charge in [0, 0.05) is 12.2 Å². The first-order valence-corrected chi connectivity index (χ1v) is 13.3. The van der Waals surface area contributed by atoms with Crippen molar-refractivity contribution in [1.82, 2.24) is 4.72 Å². The van der Waals surface area contributed by atoms with Crippen molar-refractivity contribution in [2.45, 2.75) is 29.3 Å². The number of halogens is 3. The van der Waals surface area contributed by atoms with Crippen molar-refractivity contribution in [3.05, 3.63) is 89.0 Å². The van der Waals surface area contributed by atoms with Crippen LogP contribution in [0.2, 0.25) is 0 Å². The van der Waals surface area contributed by atoms with Crippen LogP contribution in [-0.2, 0) is 32.6 Å². The van der Waals surface area contributed by atoms with Gasteiger partial charge in [-0.25, -0.2) is 26.4 Å². The lowest BCUT2D eigenvalue weighted by atomic mass is 10.1. The summed E-state index contributed by atoms with van der Waals surface area (Å²) in [5.41, 5.74) is 0.180. The van der Waals surface area contributed by atoms with E-state index in [0.717, 1.165) is 18.2 Å². The van der Waals surface area contributed by atoms with Crippen LogP contribution in [0.25, 0.3) is 0 Å². The first-order chi connectivity index (χ1) is 16.7. The first-order valence-electron chi connectivity index (χ1n) is 10.3. The van der Waals surface area contributed by atoms with Crippen LogP contribution in [0.3, 0.4) is 0 Å². The number of rotatable bonds is 9. The molecule has 0 aliphatic rings. The lowest BCUT2D eigenvalue weighted by Crippen LogP contribution is -2.26. The van der Waals surface area contributed by atoms with Gasteiger partial charge in [-0.2, -0.15) is 13.2 Å². The smallest absolute Gasteiger partial charge is 0.416 e. The zero-order chi connectivity index (χ0) is 26.7. The number of sulfonamides is 2. The van der Waals surface area contributed by atoms with Crippen LogP contribution in [0.4, 0.5) is 18.9 Å². The number of anilines is 1. The van der Waals surface area contributed by atoms with Crippen LogP contribution in [-0.4, -0.2) is 34.5 Å². The number of carbonyl (C=O) groups is 1. The number of benzene rings is 3.